The van der Waals surface area contributed by atoms with Crippen LogP contribution in [-0.4, -0.2) is 16.6 Å². The van der Waals surface area contributed by atoms with Gasteiger partial charge in [0.25, 0.3) is 0 Å². The average molecular weight is 176 g/mol. The van der Waals surface area contributed by atoms with Crippen LogP contribution in [-0.2, 0) is 18.2 Å². The summed E-state index contributed by atoms with van der Waals surface area (Å²) in [6, 6.07) is 0. The first-order valence-corrected chi connectivity index (χ1v) is 4.37. The molecule has 0 aromatic heterocycles. The van der Waals surface area contributed by atoms with Gasteiger partial charge in [-0.05, 0) is 0 Å². The van der Waals surface area contributed by atoms with Gasteiger partial charge in [0, 0.05) is 0 Å². The van der Waals surface area contributed by atoms with Crippen molar-refractivity contribution >= 4 is 16.5 Å². The molecule has 0 spiro atoms. The van der Waals surface area contributed by atoms with Crippen molar-refractivity contribution in [3.63, 3.8) is 0 Å². The zero-order chi connectivity index (χ0) is 7.28. The SMILES string of the molecule is O=[PH](O)OCO[PH](=O)O. The normalized spacial score (nSPS) is 17.1. The van der Waals surface area contributed by atoms with E-state index in [9.17, 15) is 9.13 Å². The van der Waals surface area contributed by atoms with E-state index >= 15 is 0 Å². The van der Waals surface area contributed by atoms with E-state index in [1.54, 1.807) is 0 Å². The Kier molecular flexibility index (Phi) is 5.28. The third-order valence-corrected chi connectivity index (χ3v) is 1.09. The first-order valence-electron chi connectivity index (χ1n) is 1.84. The van der Waals surface area contributed by atoms with Crippen LogP contribution in [0.25, 0.3) is 0 Å². The van der Waals surface area contributed by atoms with Gasteiger partial charge in [0.05, 0.1) is 0 Å². The minimum Gasteiger partial charge on any atom is -0.326 e. The van der Waals surface area contributed by atoms with Crippen molar-refractivity contribution in [1.29, 1.82) is 0 Å². The van der Waals surface area contributed by atoms with Crippen LogP contribution in [0, 0.1) is 0 Å². The molecule has 0 aliphatic rings. The highest BCUT2D eigenvalue weighted by Gasteiger charge is 1.93. The van der Waals surface area contributed by atoms with Crippen LogP contribution >= 0.6 is 16.5 Å². The molecule has 0 radical (unpaired) electrons. The lowest BCUT2D eigenvalue weighted by Gasteiger charge is -1.96. The predicted octanol–water partition coefficient (Wildman–Crippen LogP) is -0.259. The minimum absolute atomic E-state index is 0.622. The van der Waals surface area contributed by atoms with E-state index < -0.39 is 23.3 Å². The fraction of sp³-hybridized carbons (Fsp3) is 1.00. The predicted molar refractivity (Wildman–Crippen MR) is 29.5 cm³/mol. The Morgan fingerprint density at radius 1 is 1.11 bits per heavy atom. The Balaban J connectivity index is 3.10. The molecule has 9 heavy (non-hydrogen) atoms. The molecule has 0 aromatic carbocycles. The van der Waals surface area contributed by atoms with Gasteiger partial charge in [0.2, 0.25) is 0 Å². The van der Waals surface area contributed by atoms with Crippen molar-refractivity contribution in [2.24, 2.45) is 0 Å². The lowest BCUT2D eigenvalue weighted by Crippen LogP contribution is -1.85. The van der Waals surface area contributed by atoms with Crippen LogP contribution in [0.5, 0.6) is 0 Å². The summed E-state index contributed by atoms with van der Waals surface area (Å²) < 4.78 is 27.2. The van der Waals surface area contributed by atoms with Gasteiger partial charge in [-0.25, -0.2) is 0 Å². The van der Waals surface area contributed by atoms with Gasteiger partial charge in [0.1, 0.15) is 0 Å². The van der Waals surface area contributed by atoms with Crippen LogP contribution in [0.2, 0.25) is 0 Å². The lowest BCUT2D eigenvalue weighted by molar-refractivity contribution is 0.110. The third kappa shape index (κ3) is 8.30. The molecule has 2 unspecified atom stereocenters. The molecular formula is CH6O6P2. The van der Waals surface area contributed by atoms with E-state index in [1.165, 1.54) is 0 Å². The quantitative estimate of drug-likeness (QED) is 0.452. The summed E-state index contributed by atoms with van der Waals surface area (Å²) in [5.74, 6) is 0. The summed E-state index contributed by atoms with van der Waals surface area (Å²) in [5, 5.41) is 0. The monoisotopic (exact) mass is 176 g/mol. The van der Waals surface area contributed by atoms with E-state index in [0.717, 1.165) is 0 Å². The Morgan fingerprint density at radius 3 is 1.67 bits per heavy atom. The Hall–Kier alpha value is 0.300. The third-order valence-electron chi connectivity index (χ3n) is 0.365. The summed E-state index contributed by atoms with van der Waals surface area (Å²) >= 11 is 0. The second-order valence-electron chi connectivity index (χ2n) is 0.938. The Bertz CT molecular complexity index is 106. The molecule has 2 atom stereocenters. The molecule has 0 aromatic rings. The average Bonchev–Trinajstić information content (AvgIpc) is 1.63. The van der Waals surface area contributed by atoms with E-state index in [-0.39, 0.29) is 0 Å². The molecule has 0 heterocycles. The highest BCUT2D eigenvalue weighted by atomic mass is 31.1. The van der Waals surface area contributed by atoms with E-state index in [0.29, 0.717) is 0 Å². The number of hydrogen-bond acceptors (Lipinski definition) is 4. The van der Waals surface area contributed by atoms with Crippen LogP contribution in [0.1, 0.15) is 0 Å². The second kappa shape index (κ2) is 5.11. The van der Waals surface area contributed by atoms with Gasteiger partial charge in [-0.2, -0.15) is 0 Å². The molecule has 0 saturated carbocycles. The van der Waals surface area contributed by atoms with Crippen molar-refractivity contribution in [3.8, 4) is 0 Å². The van der Waals surface area contributed by atoms with E-state index in [2.05, 4.69) is 9.05 Å². The topological polar surface area (TPSA) is 93.1 Å². The Labute approximate surface area is 52.3 Å². The molecule has 0 amide bonds. The highest BCUT2D eigenvalue weighted by molar-refractivity contribution is 7.32. The first kappa shape index (κ1) is 9.30. The molecule has 8 heteroatoms. The largest absolute Gasteiger partial charge is 0.326 e. The van der Waals surface area contributed by atoms with Gasteiger partial charge < -0.3 is 9.79 Å². The van der Waals surface area contributed by atoms with Crippen LogP contribution in [0.15, 0.2) is 0 Å². The van der Waals surface area contributed by atoms with Crippen molar-refractivity contribution in [2.75, 3.05) is 6.79 Å². The van der Waals surface area contributed by atoms with Crippen molar-refractivity contribution < 1.29 is 28.0 Å². The summed E-state index contributed by atoms with van der Waals surface area (Å²) in [5.41, 5.74) is 0. The molecule has 0 rings (SSSR count). The number of rotatable bonds is 4. The van der Waals surface area contributed by atoms with Crippen LogP contribution < -0.4 is 0 Å². The maximum Gasteiger partial charge on any atom is 0.318 e. The molecule has 0 fully saturated rings. The molecule has 6 nitrogen and oxygen atoms in total. The first-order chi connectivity index (χ1) is 4.13. The molecule has 0 bridgehead atoms. The van der Waals surface area contributed by atoms with Gasteiger partial charge in [0.15, 0.2) is 6.79 Å². The van der Waals surface area contributed by atoms with Crippen molar-refractivity contribution in [1.82, 2.24) is 0 Å². The maximum absolute atomic E-state index is 9.69. The fourth-order valence-corrected chi connectivity index (χ4v) is 0.568. The second-order valence-corrected chi connectivity index (χ2v) is 2.58. The molecule has 0 aliphatic carbocycles. The van der Waals surface area contributed by atoms with E-state index in [4.69, 9.17) is 9.79 Å². The van der Waals surface area contributed by atoms with Gasteiger partial charge in [-0.3, -0.25) is 18.2 Å². The Morgan fingerprint density at radius 2 is 1.44 bits per heavy atom. The molecule has 2 N–H and O–H groups in total. The van der Waals surface area contributed by atoms with Gasteiger partial charge >= 0.3 is 16.5 Å². The summed E-state index contributed by atoms with van der Waals surface area (Å²) in [7, 11) is -6.08. The fourth-order valence-electron chi connectivity index (χ4n) is 0.130. The molecular weight excluding hydrogens is 170 g/mol. The van der Waals surface area contributed by atoms with Gasteiger partial charge in [-0.1, -0.05) is 0 Å². The summed E-state index contributed by atoms with van der Waals surface area (Å²) in [6.45, 7) is -0.622. The number of hydrogen-bond donors (Lipinski definition) is 2. The molecule has 56 valence electrons. The van der Waals surface area contributed by atoms with Gasteiger partial charge in [-0.15, -0.1) is 0 Å². The lowest BCUT2D eigenvalue weighted by atomic mass is 11.6. The van der Waals surface area contributed by atoms with Crippen LogP contribution in [0.3, 0.4) is 0 Å². The summed E-state index contributed by atoms with van der Waals surface area (Å²) in [6.07, 6.45) is 0. The zero-order valence-electron chi connectivity index (χ0n) is 4.23. The van der Waals surface area contributed by atoms with E-state index in [1.807, 2.05) is 0 Å². The molecule has 0 saturated heterocycles. The zero-order valence-corrected chi connectivity index (χ0v) is 6.23. The summed E-state index contributed by atoms with van der Waals surface area (Å²) in [4.78, 5) is 15.9. The minimum atomic E-state index is -3.04. The standard InChI is InChI=1S/CH6O6P2/c2-8(3)6-1-7-9(4)5/h8-9H,1H2,(H,2,3)(H,4,5). The smallest absolute Gasteiger partial charge is 0.318 e. The van der Waals surface area contributed by atoms with Crippen molar-refractivity contribution in [2.45, 2.75) is 0 Å². The maximum atomic E-state index is 9.69. The highest BCUT2D eigenvalue weighted by Crippen LogP contribution is 2.19. The van der Waals surface area contributed by atoms with Crippen LogP contribution in [0.4, 0.5) is 0 Å². The molecule has 0 aliphatic heterocycles. The van der Waals surface area contributed by atoms with Crippen molar-refractivity contribution in [3.05, 3.63) is 0 Å².